The Balaban J connectivity index is 2.65. The Labute approximate surface area is 116 Å². The van der Waals surface area contributed by atoms with Gasteiger partial charge in [0.2, 0.25) is 0 Å². The van der Waals surface area contributed by atoms with Crippen LogP contribution >= 0.6 is 0 Å². The Kier molecular flexibility index (Phi) is 5.63. The van der Waals surface area contributed by atoms with Crippen LogP contribution < -0.4 is 4.74 Å². The highest BCUT2D eigenvalue weighted by Gasteiger charge is 2.12. The second-order valence-corrected chi connectivity index (χ2v) is 6.51. The van der Waals surface area contributed by atoms with Gasteiger partial charge in [0.15, 0.2) is 6.29 Å². The molecule has 0 radical (unpaired) electrons. The van der Waals surface area contributed by atoms with Crippen molar-refractivity contribution in [3.05, 3.63) is 33.9 Å². The van der Waals surface area contributed by atoms with Crippen molar-refractivity contribution in [3.63, 3.8) is 0 Å². The van der Waals surface area contributed by atoms with Gasteiger partial charge < -0.3 is 4.74 Å². The van der Waals surface area contributed by atoms with E-state index < -0.39 is 14.8 Å². The van der Waals surface area contributed by atoms with Gasteiger partial charge in [0.25, 0.3) is 5.69 Å². The summed E-state index contributed by atoms with van der Waals surface area (Å²) in [4.78, 5) is 20.8. The van der Waals surface area contributed by atoms with Crippen LogP contribution in [0.1, 0.15) is 23.7 Å². The van der Waals surface area contributed by atoms with Crippen molar-refractivity contribution in [2.24, 2.45) is 0 Å². The molecule has 110 valence electrons. The number of nitrogens with zero attached hydrogens (tertiary/aromatic N) is 1. The molecular weight excluding hydrogens is 286 g/mol. The minimum Gasteiger partial charge on any atom is -0.493 e. The van der Waals surface area contributed by atoms with Crippen molar-refractivity contribution < 1.29 is 22.9 Å². The molecule has 7 nitrogen and oxygen atoms in total. The molecular formula is C12H15NO6S. The Morgan fingerprint density at radius 1 is 1.40 bits per heavy atom. The molecule has 0 saturated heterocycles. The fourth-order valence-electron chi connectivity index (χ4n) is 1.48. The number of rotatable bonds is 8. The summed E-state index contributed by atoms with van der Waals surface area (Å²) in [6, 6.07) is 3.67. The van der Waals surface area contributed by atoms with Crippen LogP contribution in [0.5, 0.6) is 5.75 Å². The van der Waals surface area contributed by atoms with Gasteiger partial charge in [0, 0.05) is 17.9 Å². The monoisotopic (exact) mass is 301 g/mol. The maximum absolute atomic E-state index is 11.3. The summed E-state index contributed by atoms with van der Waals surface area (Å²) in [5.41, 5.74) is -0.134. The van der Waals surface area contributed by atoms with Gasteiger partial charge in [0.05, 0.1) is 22.8 Å². The third kappa shape index (κ3) is 4.61. The molecule has 0 aromatic heterocycles. The van der Waals surface area contributed by atoms with Crippen molar-refractivity contribution in [3.8, 4) is 5.75 Å². The summed E-state index contributed by atoms with van der Waals surface area (Å²) >= 11 is 0. The lowest BCUT2D eigenvalue weighted by atomic mass is 10.2. The number of ether oxygens (including phenoxy) is 1. The number of benzene rings is 1. The highest BCUT2D eigenvalue weighted by atomic mass is 32.2. The van der Waals surface area contributed by atoms with E-state index in [2.05, 4.69) is 0 Å². The predicted octanol–water partition coefficient (Wildman–Crippen LogP) is 1.61. The normalized spacial score (nSPS) is 11.1. The first-order valence-electron chi connectivity index (χ1n) is 5.96. The van der Waals surface area contributed by atoms with Crippen LogP contribution in [0.2, 0.25) is 0 Å². The molecule has 0 unspecified atom stereocenters. The molecule has 0 spiro atoms. The summed E-state index contributed by atoms with van der Waals surface area (Å²) in [6.07, 6.45) is 0.760. The van der Waals surface area contributed by atoms with Crippen LogP contribution in [-0.2, 0) is 9.84 Å². The maximum Gasteiger partial charge on any atom is 0.270 e. The number of non-ortho nitro benzene ring substituents is 1. The number of hydrogen-bond acceptors (Lipinski definition) is 6. The van der Waals surface area contributed by atoms with Gasteiger partial charge >= 0.3 is 0 Å². The van der Waals surface area contributed by atoms with Crippen LogP contribution in [0, 0.1) is 10.1 Å². The highest BCUT2D eigenvalue weighted by molar-refractivity contribution is 7.91. The molecule has 0 atom stereocenters. The molecule has 20 heavy (non-hydrogen) atoms. The summed E-state index contributed by atoms with van der Waals surface area (Å²) in [5.74, 6) is 0.288. The summed E-state index contributed by atoms with van der Waals surface area (Å²) in [7, 11) is -3.05. The fraction of sp³-hybridized carbons (Fsp3) is 0.417. The number of hydrogen-bond donors (Lipinski definition) is 0. The molecule has 0 bridgehead atoms. The van der Waals surface area contributed by atoms with E-state index in [0.29, 0.717) is 12.7 Å². The Morgan fingerprint density at radius 3 is 2.65 bits per heavy atom. The third-order valence-electron chi connectivity index (χ3n) is 2.63. The van der Waals surface area contributed by atoms with Crippen LogP contribution in [0.25, 0.3) is 0 Å². The van der Waals surface area contributed by atoms with E-state index in [4.69, 9.17) is 4.74 Å². The first-order valence-corrected chi connectivity index (χ1v) is 7.78. The average molecular weight is 301 g/mol. The van der Waals surface area contributed by atoms with E-state index in [0.717, 1.165) is 6.07 Å². The Hall–Kier alpha value is -1.96. The lowest BCUT2D eigenvalue weighted by Gasteiger charge is -2.08. The number of carbonyl (C=O) groups excluding carboxylic acids is 1. The summed E-state index contributed by atoms with van der Waals surface area (Å²) < 4.78 is 27.8. The maximum atomic E-state index is 11.3. The molecule has 0 aliphatic heterocycles. The number of aldehydes is 1. The quantitative estimate of drug-likeness (QED) is 0.313. The molecule has 0 amide bonds. The van der Waals surface area contributed by atoms with Gasteiger partial charge in [-0.2, -0.15) is 0 Å². The van der Waals surface area contributed by atoms with Gasteiger partial charge in [-0.1, -0.05) is 6.92 Å². The Bertz CT molecular complexity index is 596. The fourth-order valence-corrected chi connectivity index (χ4v) is 2.32. The van der Waals surface area contributed by atoms with Crippen molar-refractivity contribution in [1.29, 1.82) is 0 Å². The smallest absolute Gasteiger partial charge is 0.270 e. The van der Waals surface area contributed by atoms with Crippen molar-refractivity contribution in [1.82, 2.24) is 0 Å². The molecule has 0 N–H and O–H groups in total. The largest absolute Gasteiger partial charge is 0.493 e. The zero-order valence-corrected chi connectivity index (χ0v) is 11.8. The number of carbonyl (C=O) groups is 1. The highest BCUT2D eigenvalue weighted by Crippen LogP contribution is 2.22. The van der Waals surface area contributed by atoms with E-state index in [-0.39, 0.29) is 35.1 Å². The Morgan fingerprint density at radius 2 is 2.10 bits per heavy atom. The van der Waals surface area contributed by atoms with E-state index in [9.17, 15) is 23.3 Å². The second-order valence-electron chi connectivity index (χ2n) is 4.04. The number of sulfone groups is 1. The number of nitro benzene ring substituents is 1. The van der Waals surface area contributed by atoms with E-state index in [1.807, 2.05) is 0 Å². The standard InChI is InChI=1S/C12H15NO6S/c1-2-20(17,18)7-3-6-19-12-5-4-11(13(15)16)8-10(12)9-14/h4-5,8-9H,2-3,6-7H2,1H3. The first kappa shape index (κ1) is 16.1. The van der Waals surface area contributed by atoms with Crippen molar-refractivity contribution >= 4 is 21.8 Å². The van der Waals surface area contributed by atoms with Gasteiger partial charge in [0.1, 0.15) is 15.6 Å². The molecule has 0 fully saturated rings. The van der Waals surface area contributed by atoms with Crippen molar-refractivity contribution in [2.45, 2.75) is 13.3 Å². The first-order chi connectivity index (χ1) is 9.39. The molecule has 8 heteroatoms. The van der Waals surface area contributed by atoms with E-state index in [1.54, 1.807) is 6.92 Å². The van der Waals surface area contributed by atoms with Gasteiger partial charge in [-0.3, -0.25) is 14.9 Å². The van der Waals surface area contributed by atoms with Crippen LogP contribution in [0.15, 0.2) is 18.2 Å². The summed E-state index contributed by atoms with van der Waals surface area (Å²) in [5, 5.41) is 10.6. The van der Waals surface area contributed by atoms with Gasteiger partial charge in [-0.05, 0) is 12.5 Å². The molecule has 1 aromatic rings. The third-order valence-corrected chi connectivity index (χ3v) is 4.42. The molecule has 1 aromatic carbocycles. The molecule has 1 rings (SSSR count). The molecule has 0 aliphatic carbocycles. The summed E-state index contributed by atoms with van der Waals surface area (Å²) in [6.45, 7) is 1.69. The SMILES string of the molecule is CCS(=O)(=O)CCCOc1ccc([N+](=O)[O-])cc1C=O. The lowest BCUT2D eigenvalue weighted by Crippen LogP contribution is -2.12. The van der Waals surface area contributed by atoms with E-state index in [1.165, 1.54) is 12.1 Å². The topological polar surface area (TPSA) is 104 Å². The zero-order chi connectivity index (χ0) is 15.2. The van der Waals surface area contributed by atoms with Gasteiger partial charge in [-0.15, -0.1) is 0 Å². The second kappa shape index (κ2) is 6.99. The zero-order valence-electron chi connectivity index (χ0n) is 10.9. The van der Waals surface area contributed by atoms with Gasteiger partial charge in [-0.25, -0.2) is 8.42 Å². The van der Waals surface area contributed by atoms with E-state index >= 15 is 0 Å². The molecule has 0 heterocycles. The molecule has 0 aliphatic rings. The van der Waals surface area contributed by atoms with Crippen molar-refractivity contribution in [2.75, 3.05) is 18.1 Å². The average Bonchev–Trinajstić information content (AvgIpc) is 2.43. The lowest BCUT2D eigenvalue weighted by molar-refractivity contribution is -0.384. The van der Waals surface area contributed by atoms with Crippen LogP contribution in [0.3, 0.4) is 0 Å². The predicted molar refractivity (Wildman–Crippen MR) is 72.9 cm³/mol. The molecule has 0 saturated carbocycles. The number of nitro groups is 1. The minimum absolute atomic E-state index is 0.00685. The minimum atomic E-state index is -3.05. The van der Waals surface area contributed by atoms with Crippen LogP contribution in [-0.4, -0.2) is 37.7 Å². The van der Waals surface area contributed by atoms with Crippen LogP contribution in [0.4, 0.5) is 5.69 Å².